The van der Waals surface area contributed by atoms with Gasteiger partial charge in [0.2, 0.25) is 0 Å². The zero-order valence-corrected chi connectivity index (χ0v) is 10.4. The van der Waals surface area contributed by atoms with E-state index in [0.29, 0.717) is 5.06 Å². The van der Waals surface area contributed by atoms with Crippen molar-refractivity contribution in [2.75, 3.05) is 12.5 Å². The molecule has 1 aliphatic heterocycles. The van der Waals surface area contributed by atoms with Gasteiger partial charge in [0, 0.05) is 19.8 Å². The maximum Gasteiger partial charge on any atom is 0.330 e. The van der Waals surface area contributed by atoms with Crippen LogP contribution >= 0.6 is 21.6 Å². The maximum absolute atomic E-state index is 10.7. The molecule has 7 heteroatoms. The van der Waals surface area contributed by atoms with Crippen molar-refractivity contribution >= 4 is 39.4 Å². The third-order valence-corrected chi connectivity index (χ3v) is 2.73. The second-order valence-corrected chi connectivity index (χ2v) is 5.16. The average molecular weight is 251 g/mol. The van der Waals surface area contributed by atoms with E-state index in [9.17, 15) is 14.4 Å². The number of imide groups is 1. The van der Waals surface area contributed by atoms with Crippen LogP contribution in [0.5, 0.6) is 0 Å². The van der Waals surface area contributed by atoms with E-state index in [1.165, 1.54) is 0 Å². The Labute approximate surface area is 96.3 Å². The molecule has 0 aromatic heterocycles. The summed E-state index contributed by atoms with van der Waals surface area (Å²) in [6, 6.07) is 0. The standard InChI is InChI=1S/C6H7NO4.C2H6S2/c1-4(8)11-7-5(9)2-3-6(7)10;1-3-4-2/h2-3H2,1H3;1-2H3. The highest BCUT2D eigenvalue weighted by Gasteiger charge is 2.31. The molecule has 0 aliphatic carbocycles. The van der Waals surface area contributed by atoms with Crippen molar-refractivity contribution in [2.24, 2.45) is 0 Å². The molecular weight excluding hydrogens is 238 g/mol. The van der Waals surface area contributed by atoms with E-state index in [-0.39, 0.29) is 12.8 Å². The van der Waals surface area contributed by atoms with Crippen molar-refractivity contribution in [1.29, 1.82) is 0 Å². The molecule has 86 valence electrons. The van der Waals surface area contributed by atoms with Crippen molar-refractivity contribution in [2.45, 2.75) is 19.8 Å². The van der Waals surface area contributed by atoms with Crippen LogP contribution in [0.25, 0.3) is 0 Å². The normalized spacial score (nSPS) is 14.7. The molecule has 5 nitrogen and oxygen atoms in total. The molecule has 2 amide bonds. The molecule has 1 aliphatic rings. The van der Waals surface area contributed by atoms with Crippen LogP contribution in [0.3, 0.4) is 0 Å². The predicted octanol–water partition coefficient (Wildman–Crippen LogP) is 1.24. The third kappa shape index (κ3) is 5.68. The van der Waals surface area contributed by atoms with Crippen LogP contribution in [-0.2, 0) is 19.2 Å². The van der Waals surface area contributed by atoms with E-state index in [1.54, 1.807) is 21.6 Å². The summed E-state index contributed by atoms with van der Waals surface area (Å²) < 4.78 is 0. The molecule has 1 heterocycles. The Bertz CT molecular complexity index is 239. The first kappa shape index (κ1) is 14.3. The van der Waals surface area contributed by atoms with E-state index in [0.717, 1.165) is 6.92 Å². The zero-order valence-electron chi connectivity index (χ0n) is 8.81. The number of carbonyl (C=O) groups excluding carboxylic acids is 3. The first-order valence-electron chi connectivity index (χ1n) is 4.14. The monoisotopic (exact) mass is 251 g/mol. The number of hydrogen-bond acceptors (Lipinski definition) is 6. The summed E-state index contributed by atoms with van der Waals surface area (Å²) in [5, 5.41) is 0.516. The fourth-order valence-corrected chi connectivity index (χ4v) is 0.786. The number of hydroxylamine groups is 2. The Morgan fingerprint density at radius 1 is 1.20 bits per heavy atom. The molecule has 0 bridgehead atoms. The number of nitrogens with zero attached hydrogens (tertiary/aromatic N) is 1. The molecule has 0 radical (unpaired) electrons. The van der Waals surface area contributed by atoms with Gasteiger partial charge in [-0.1, -0.05) is 21.6 Å². The molecule has 1 fully saturated rings. The lowest BCUT2D eigenvalue weighted by Crippen LogP contribution is -2.30. The first-order chi connectivity index (χ1) is 7.02. The van der Waals surface area contributed by atoms with Crippen molar-refractivity contribution in [3.05, 3.63) is 0 Å². The van der Waals surface area contributed by atoms with Gasteiger partial charge >= 0.3 is 5.97 Å². The SMILES string of the molecule is CC(=O)ON1C(=O)CCC1=O.CSSC. The van der Waals surface area contributed by atoms with Crippen LogP contribution in [0.1, 0.15) is 19.8 Å². The minimum atomic E-state index is -0.659. The summed E-state index contributed by atoms with van der Waals surface area (Å²) >= 11 is 0. The lowest BCUT2D eigenvalue weighted by Gasteiger charge is -2.09. The van der Waals surface area contributed by atoms with Gasteiger partial charge in [-0.25, -0.2) is 4.79 Å². The van der Waals surface area contributed by atoms with E-state index in [2.05, 4.69) is 17.3 Å². The Morgan fingerprint density at radius 2 is 1.60 bits per heavy atom. The Morgan fingerprint density at radius 3 is 1.87 bits per heavy atom. The highest BCUT2D eigenvalue weighted by atomic mass is 33.1. The summed E-state index contributed by atoms with van der Waals surface area (Å²) in [6.07, 6.45) is 4.38. The molecular formula is C8H13NO4S2. The van der Waals surface area contributed by atoms with Crippen molar-refractivity contribution < 1.29 is 19.2 Å². The Kier molecular flexibility index (Phi) is 7.23. The molecule has 15 heavy (non-hydrogen) atoms. The van der Waals surface area contributed by atoms with Gasteiger partial charge in [0.25, 0.3) is 11.8 Å². The molecule has 0 unspecified atom stereocenters. The quantitative estimate of drug-likeness (QED) is 0.543. The number of rotatable bonds is 2. The molecule has 0 saturated carbocycles. The topological polar surface area (TPSA) is 63.7 Å². The van der Waals surface area contributed by atoms with E-state index < -0.39 is 17.8 Å². The highest BCUT2D eigenvalue weighted by molar-refractivity contribution is 8.76. The van der Waals surface area contributed by atoms with E-state index >= 15 is 0 Å². The second kappa shape index (κ2) is 7.58. The van der Waals surface area contributed by atoms with Gasteiger partial charge in [-0.05, 0) is 12.5 Å². The molecule has 1 saturated heterocycles. The van der Waals surface area contributed by atoms with Gasteiger partial charge in [0.15, 0.2) is 0 Å². The van der Waals surface area contributed by atoms with Crippen molar-refractivity contribution in [3.63, 3.8) is 0 Å². The van der Waals surface area contributed by atoms with Crippen LogP contribution in [-0.4, -0.2) is 35.4 Å². The van der Waals surface area contributed by atoms with Crippen LogP contribution < -0.4 is 0 Å². The Hall–Kier alpha value is -0.690. The summed E-state index contributed by atoms with van der Waals surface area (Å²) in [7, 11) is 3.55. The Balaban J connectivity index is 0.000000423. The number of hydrogen-bond donors (Lipinski definition) is 0. The molecule has 0 atom stereocenters. The van der Waals surface area contributed by atoms with Gasteiger partial charge in [-0.2, -0.15) is 0 Å². The second-order valence-electron chi connectivity index (χ2n) is 2.50. The van der Waals surface area contributed by atoms with E-state index in [4.69, 9.17) is 0 Å². The molecule has 0 spiro atoms. The largest absolute Gasteiger partial charge is 0.331 e. The van der Waals surface area contributed by atoms with Crippen molar-refractivity contribution in [1.82, 2.24) is 5.06 Å². The average Bonchev–Trinajstić information content (AvgIpc) is 2.49. The number of carbonyl (C=O) groups is 3. The van der Waals surface area contributed by atoms with Gasteiger partial charge in [-0.3, -0.25) is 9.59 Å². The predicted molar refractivity (Wildman–Crippen MR) is 59.9 cm³/mol. The smallest absolute Gasteiger partial charge is 0.330 e. The van der Waals surface area contributed by atoms with Gasteiger partial charge < -0.3 is 4.84 Å². The van der Waals surface area contributed by atoms with E-state index in [1.807, 2.05) is 0 Å². The van der Waals surface area contributed by atoms with Crippen LogP contribution in [0.2, 0.25) is 0 Å². The summed E-state index contributed by atoms with van der Waals surface area (Å²) in [5.41, 5.74) is 0. The number of amides is 2. The van der Waals surface area contributed by atoms with Crippen LogP contribution in [0.15, 0.2) is 0 Å². The van der Waals surface area contributed by atoms with Gasteiger partial charge in [0.05, 0.1) is 0 Å². The molecule has 0 aromatic carbocycles. The van der Waals surface area contributed by atoms with Gasteiger partial charge in [-0.15, -0.1) is 5.06 Å². The fourth-order valence-electron chi connectivity index (χ4n) is 0.786. The lowest BCUT2D eigenvalue weighted by molar-refractivity contribution is -0.195. The maximum atomic E-state index is 10.7. The highest BCUT2D eigenvalue weighted by Crippen LogP contribution is 2.11. The minimum Gasteiger partial charge on any atom is -0.331 e. The molecule has 1 rings (SSSR count). The van der Waals surface area contributed by atoms with Gasteiger partial charge in [0.1, 0.15) is 0 Å². The summed E-state index contributed by atoms with van der Waals surface area (Å²) in [6.45, 7) is 1.14. The summed E-state index contributed by atoms with van der Waals surface area (Å²) in [5.74, 6) is -1.57. The molecule has 0 aromatic rings. The third-order valence-electron chi connectivity index (χ3n) is 1.39. The minimum absolute atomic E-state index is 0.131. The lowest BCUT2D eigenvalue weighted by atomic mass is 10.4. The molecule has 0 N–H and O–H groups in total. The fraction of sp³-hybridized carbons (Fsp3) is 0.625. The van der Waals surface area contributed by atoms with Crippen LogP contribution in [0, 0.1) is 0 Å². The zero-order chi connectivity index (χ0) is 11.8. The summed E-state index contributed by atoms with van der Waals surface area (Å²) in [4.78, 5) is 36.1. The van der Waals surface area contributed by atoms with Crippen molar-refractivity contribution in [3.8, 4) is 0 Å². The van der Waals surface area contributed by atoms with Crippen LogP contribution in [0.4, 0.5) is 0 Å². The first-order valence-corrected chi connectivity index (χ1v) is 7.10.